The zero-order chi connectivity index (χ0) is 12.9. The molecule has 0 aliphatic heterocycles. The van der Waals surface area contributed by atoms with E-state index < -0.39 is 5.60 Å². The van der Waals surface area contributed by atoms with Gasteiger partial charge in [0.1, 0.15) is 11.4 Å². The van der Waals surface area contributed by atoms with Gasteiger partial charge in [0.25, 0.3) is 0 Å². The predicted molar refractivity (Wildman–Crippen MR) is 65.4 cm³/mol. The van der Waals surface area contributed by atoms with Crippen molar-refractivity contribution in [2.24, 2.45) is 0 Å². The monoisotopic (exact) mass is 239 g/mol. The third kappa shape index (κ3) is 5.90. The van der Waals surface area contributed by atoms with Gasteiger partial charge in [0, 0.05) is 12.2 Å². The fraction of sp³-hybridized carbons (Fsp3) is 0.462. The van der Waals surface area contributed by atoms with Gasteiger partial charge in [-0.2, -0.15) is 0 Å². The van der Waals surface area contributed by atoms with Crippen molar-refractivity contribution >= 4 is 11.7 Å². The molecule has 0 unspecified atom stereocenters. The summed E-state index contributed by atoms with van der Waals surface area (Å²) in [5.41, 5.74) is 0.336. The highest BCUT2D eigenvalue weighted by atomic mass is 19.1. The van der Waals surface area contributed by atoms with Gasteiger partial charge in [-0.15, -0.1) is 0 Å². The van der Waals surface area contributed by atoms with Gasteiger partial charge < -0.3 is 10.1 Å². The van der Waals surface area contributed by atoms with Crippen LogP contribution in [0.1, 0.15) is 27.2 Å². The first-order valence-corrected chi connectivity index (χ1v) is 5.58. The maximum Gasteiger partial charge on any atom is 0.308 e. The van der Waals surface area contributed by atoms with Gasteiger partial charge in [-0.05, 0) is 45.0 Å². The summed E-state index contributed by atoms with van der Waals surface area (Å²) < 4.78 is 17.8. The van der Waals surface area contributed by atoms with Crippen LogP contribution in [0.15, 0.2) is 24.3 Å². The summed E-state index contributed by atoms with van der Waals surface area (Å²) in [4.78, 5) is 11.4. The van der Waals surface area contributed by atoms with E-state index in [1.54, 1.807) is 12.1 Å². The molecule has 0 radical (unpaired) electrons. The Morgan fingerprint density at radius 3 is 2.41 bits per heavy atom. The number of benzene rings is 1. The number of hydrogen-bond donors (Lipinski definition) is 1. The Kier molecular flexibility index (Phi) is 4.49. The highest BCUT2D eigenvalue weighted by molar-refractivity contribution is 5.70. The molecule has 0 atom stereocenters. The Balaban J connectivity index is 2.28. The van der Waals surface area contributed by atoms with Gasteiger partial charge in [-0.25, -0.2) is 4.39 Å². The zero-order valence-corrected chi connectivity index (χ0v) is 10.4. The van der Waals surface area contributed by atoms with Crippen molar-refractivity contribution in [1.29, 1.82) is 0 Å². The summed E-state index contributed by atoms with van der Waals surface area (Å²) in [7, 11) is 0. The van der Waals surface area contributed by atoms with Gasteiger partial charge in [0.05, 0.1) is 6.42 Å². The highest BCUT2D eigenvalue weighted by Crippen LogP contribution is 2.10. The molecule has 0 spiro atoms. The highest BCUT2D eigenvalue weighted by Gasteiger charge is 2.15. The van der Waals surface area contributed by atoms with Crippen LogP contribution in [0.4, 0.5) is 10.1 Å². The second-order valence-corrected chi connectivity index (χ2v) is 4.77. The Morgan fingerprint density at radius 1 is 1.29 bits per heavy atom. The lowest BCUT2D eigenvalue weighted by Gasteiger charge is -2.19. The molecule has 0 amide bonds. The smallest absolute Gasteiger partial charge is 0.308 e. The molecule has 4 heteroatoms. The van der Waals surface area contributed by atoms with Gasteiger partial charge in [0.2, 0.25) is 0 Å². The van der Waals surface area contributed by atoms with Crippen molar-refractivity contribution < 1.29 is 13.9 Å². The molecule has 17 heavy (non-hydrogen) atoms. The van der Waals surface area contributed by atoms with Crippen LogP contribution in [0.25, 0.3) is 0 Å². The van der Waals surface area contributed by atoms with E-state index in [9.17, 15) is 9.18 Å². The summed E-state index contributed by atoms with van der Waals surface area (Å²) in [6, 6.07) is 6.00. The van der Waals surface area contributed by atoms with E-state index in [0.29, 0.717) is 6.54 Å². The second-order valence-electron chi connectivity index (χ2n) is 4.77. The SMILES string of the molecule is CC(C)(C)OC(=O)CCNc1ccc(F)cc1. The first-order chi connectivity index (χ1) is 7.87. The number of carbonyl (C=O) groups excluding carboxylic acids is 1. The van der Waals surface area contributed by atoms with Crippen molar-refractivity contribution in [1.82, 2.24) is 0 Å². The van der Waals surface area contributed by atoms with E-state index >= 15 is 0 Å². The lowest BCUT2D eigenvalue weighted by atomic mass is 10.2. The molecule has 1 rings (SSSR count). The minimum absolute atomic E-state index is 0.243. The third-order valence-electron chi connectivity index (χ3n) is 1.92. The summed E-state index contributed by atoms with van der Waals surface area (Å²) >= 11 is 0. The van der Waals surface area contributed by atoms with Crippen molar-refractivity contribution in [3.8, 4) is 0 Å². The molecule has 0 bridgehead atoms. The zero-order valence-electron chi connectivity index (χ0n) is 10.4. The average Bonchev–Trinajstić information content (AvgIpc) is 2.18. The van der Waals surface area contributed by atoms with Crippen LogP contribution in [0.3, 0.4) is 0 Å². The molecule has 0 aromatic heterocycles. The van der Waals surface area contributed by atoms with Crippen molar-refractivity contribution in [2.45, 2.75) is 32.8 Å². The standard InChI is InChI=1S/C13H18FNO2/c1-13(2,3)17-12(16)8-9-15-11-6-4-10(14)5-7-11/h4-7,15H,8-9H2,1-3H3. The van der Waals surface area contributed by atoms with Gasteiger partial charge >= 0.3 is 5.97 Å². The number of rotatable bonds is 4. The Hall–Kier alpha value is -1.58. The van der Waals surface area contributed by atoms with E-state index in [4.69, 9.17) is 4.74 Å². The molecule has 1 aromatic rings. The van der Waals surface area contributed by atoms with E-state index in [-0.39, 0.29) is 18.2 Å². The van der Waals surface area contributed by atoms with Crippen LogP contribution in [0, 0.1) is 5.82 Å². The van der Waals surface area contributed by atoms with Gasteiger partial charge in [-0.3, -0.25) is 4.79 Å². The minimum atomic E-state index is -0.451. The van der Waals surface area contributed by atoms with E-state index in [2.05, 4.69) is 5.32 Å². The Labute approximate surface area is 101 Å². The second kappa shape index (κ2) is 5.66. The number of ether oxygens (including phenoxy) is 1. The number of esters is 1. The largest absolute Gasteiger partial charge is 0.460 e. The van der Waals surface area contributed by atoms with Crippen LogP contribution in [0.2, 0.25) is 0 Å². The molecule has 0 fully saturated rings. The maximum absolute atomic E-state index is 12.6. The van der Waals surface area contributed by atoms with Crippen LogP contribution in [-0.2, 0) is 9.53 Å². The molecular formula is C13H18FNO2. The lowest BCUT2D eigenvalue weighted by Crippen LogP contribution is -2.25. The average molecular weight is 239 g/mol. The van der Waals surface area contributed by atoms with Crippen molar-refractivity contribution in [3.63, 3.8) is 0 Å². The lowest BCUT2D eigenvalue weighted by molar-refractivity contribution is -0.154. The number of nitrogens with one attached hydrogen (secondary N) is 1. The minimum Gasteiger partial charge on any atom is -0.460 e. The summed E-state index contributed by atoms with van der Waals surface area (Å²) in [5.74, 6) is -0.519. The Morgan fingerprint density at radius 2 is 1.88 bits per heavy atom. The molecular weight excluding hydrogens is 221 g/mol. The molecule has 0 saturated carbocycles. The van der Waals surface area contributed by atoms with Crippen molar-refractivity contribution in [2.75, 3.05) is 11.9 Å². The van der Waals surface area contributed by atoms with Crippen LogP contribution < -0.4 is 5.32 Å². The maximum atomic E-state index is 12.6. The summed E-state index contributed by atoms with van der Waals surface area (Å²) in [6.45, 7) is 5.97. The van der Waals surface area contributed by atoms with Gasteiger partial charge in [-0.1, -0.05) is 0 Å². The number of anilines is 1. The normalized spacial score (nSPS) is 11.1. The summed E-state index contributed by atoms with van der Waals surface area (Å²) in [6.07, 6.45) is 0.286. The molecule has 94 valence electrons. The van der Waals surface area contributed by atoms with E-state index in [1.807, 2.05) is 20.8 Å². The number of hydrogen-bond acceptors (Lipinski definition) is 3. The number of carbonyl (C=O) groups is 1. The Bertz CT molecular complexity index is 368. The predicted octanol–water partition coefficient (Wildman–Crippen LogP) is 2.97. The van der Waals surface area contributed by atoms with Crippen molar-refractivity contribution in [3.05, 3.63) is 30.1 Å². The molecule has 0 aliphatic carbocycles. The molecule has 3 nitrogen and oxygen atoms in total. The third-order valence-corrected chi connectivity index (χ3v) is 1.92. The van der Waals surface area contributed by atoms with Crippen LogP contribution in [0.5, 0.6) is 0 Å². The fourth-order valence-electron chi connectivity index (χ4n) is 1.27. The molecule has 0 heterocycles. The van der Waals surface area contributed by atoms with Gasteiger partial charge in [0.15, 0.2) is 0 Å². The van der Waals surface area contributed by atoms with Crippen LogP contribution in [-0.4, -0.2) is 18.1 Å². The quantitative estimate of drug-likeness (QED) is 0.821. The topological polar surface area (TPSA) is 38.3 Å². The first kappa shape index (κ1) is 13.5. The number of halogens is 1. The first-order valence-electron chi connectivity index (χ1n) is 5.58. The fourth-order valence-corrected chi connectivity index (χ4v) is 1.27. The molecule has 0 aliphatic rings. The molecule has 1 N–H and O–H groups in total. The van der Waals surface area contributed by atoms with E-state index in [1.165, 1.54) is 12.1 Å². The van der Waals surface area contributed by atoms with Crippen LogP contribution >= 0.6 is 0 Å². The molecule has 0 saturated heterocycles. The van der Waals surface area contributed by atoms with E-state index in [0.717, 1.165) is 5.69 Å². The molecule has 1 aromatic carbocycles. The summed E-state index contributed by atoms with van der Waals surface area (Å²) in [5, 5.41) is 3.02.